The van der Waals surface area contributed by atoms with E-state index in [0.717, 1.165) is 15.9 Å². The molecule has 1 atom stereocenters. The number of halogens is 1. The average Bonchev–Trinajstić information content (AvgIpc) is 2.16. The normalized spacial score (nSPS) is 12.4. The fraction of sp³-hybridized carbons (Fsp3) is 0.400. The lowest BCUT2D eigenvalue weighted by molar-refractivity contribution is -0.136. The quantitative estimate of drug-likeness (QED) is 0.905. The summed E-state index contributed by atoms with van der Waals surface area (Å²) in [6.07, 6.45) is 1.94. The molecule has 82 valence electrons. The van der Waals surface area contributed by atoms with Crippen LogP contribution in [-0.2, 0) is 10.5 Å². The predicted octanol–water partition coefficient (Wildman–Crippen LogP) is 2.94. The van der Waals surface area contributed by atoms with Gasteiger partial charge in [0, 0.05) is 21.7 Å². The van der Waals surface area contributed by atoms with Gasteiger partial charge in [0.05, 0.1) is 12.1 Å². The molecule has 0 aliphatic rings. The minimum absolute atomic E-state index is 0.118. The number of hydrogen-bond acceptors (Lipinski definition) is 3. The van der Waals surface area contributed by atoms with Crippen LogP contribution in [0.5, 0.6) is 0 Å². The Balaban J connectivity index is 2.36. The summed E-state index contributed by atoms with van der Waals surface area (Å²) in [7, 11) is 0. The number of carboxylic acid groups (broad SMARTS) is 1. The van der Waals surface area contributed by atoms with E-state index >= 15 is 0 Å². The average molecular weight is 290 g/mol. The van der Waals surface area contributed by atoms with Crippen molar-refractivity contribution in [1.29, 1.82) is 0 Å². The van der Waals surface area contributed by atoms with E-state index in [9.17, 15) is 4.79 Å². The molecule has 1 N–H and O–H groups in total. The Hall–Kier alpha value is -0.550. The first kappa shape index (κ1) is 12.5. The largest absolute Gasteiger partial charge is 0.481 e. The number of aromatic nitrogens is 1. The third kappa shape index (κ3) is 5.18. The lowest BCUT2D eigenvalue weighted by Crippen LogP contribution is -2.06. The highest BCUT2D eigenvalue weighted by Gasteiger charge is 2.08. The van der Waals surface area contributed by atoms with Crippen molar-refractivity contribution in [2.75, 3.05) is 0 Å². The molecule has 0 radical (unpaired) electrons. The summed E-state index contributed by atoms with van der Waals surface area (Å²) >= 11 is 4.92. The number of pyridine rings is 1. The van der Waals surface area contributed by atoms with Crippen LogP contribution in [0.15, 0.2) is 22.8 Å². The van der Waals surface area contributed by atoms with Crippen molar-refractivity contribution < 1.29 is 9.90 Å². The lowest BCUT2D eigenvalue weighted by atomic mass is 10.3. The zero-order valence-corrected chi connectivity index (χ0v) is 10.7. The van der Waals surface area contributed by atoms with E-state index in [2.05, 4.69) is 20.9 Å². The van der Waals surface area contributed by atoms with Crippen molar-refractivity contribution in [2.24, 2.45) is 0 Å². The Kier molecular flexibility index (Phi) is 5.11. The fourth-order valence-corrected chi connectivity index (χ4v) is 2.15. The van der Waals surface area contributed by atoms with Gasteiger partial charge in [0.15, 0.2) is 0 Å². The molecule has 0 amide bonds. The highest BCUT2D eigenvalue weighted by molar-refractivity contribution is 9.10. The summed E-state index contributed by atoms with van der Waals surface area (Å²) in [5.74, 6) is 0.000570. The van der Waals surface area contributed by atoms with Crippen molar-refractivity contribution in [1.82, 2.24) is 4.98 Å². The molecule has 0 saturated heterocycles. The van der Waals surface area contributed by atoms with Crippen molar-refractivity contribution in [3.05, 3.63) is 28.5 Å². The zero-order chi connectivity index (χ0) is 11.3. The third-order valence-corrected chi connectivity index (χ3v) is 3.43. The molecule has 0 spiro atoms. The Morgan fingerprint density at radius 2 is 2.40 bits per heavy atom. The number of aliphatic carboxylic acids is 1. The molecule has 1 unspecified atom stereocenters. The highest BCUT2D eigenvalue weighted by atomic mass is 79.9. The zero-order valence-electron chi connectivity index (χ0n) is 8.31. The summed E-state index contributed by atoms with van der Waals surface area (Å²) in [4.78, 5) is 14.6. The number of hydrogen-bond donors (Lipinski definition) is 1. The van der Waals surface area contributed by atoms with Crippen LogP contribution in [0.1, 0.15) is 19.0 Å². The van der Waals surface area contributed by atoms with Gasteiger partial charge in [0.1, 0.15) is 0 Å². The van der Waals surface area contributed by atoms with Crippen LogP contribution in [0.25, 0.3) is 0 Å². The lowest BCUT2D eigenvalue weighted by Gasteiger charge is -2.07. The van der Waals surface area contributed by atoms with Gasteiger partial charge < -0.3 is 5.11 Å². The van der Waals surface area contributed by atoms with E-state index in [1.54, 1.807) is 18.0 Å². The van der Waals surface area contributed by atoms with E-state index in [0.29, 0.717) is 0 Å². The van der Waals surface area contributed by atoms with Gasteiger partial charge in [-0.15, -0.1) is 0 Å². The second kappa shape index (κ2) is 6.12. The van der Waals surface area contributed by atoms with Crippen LogP contribution in [0.4, 0.5) is 0 Å². The molecule has 1 aromatic rings. The molecule has 0 saturated carbocycles. The van der Waals surface area contributed by atoms with Gasteiger partial charge in [-0.05, 0) is 28.1 Å². The van der Waals surface area contributed by atoms with Gasteiger partial charge in [-0.1, -0.05) is 6.92 Å². The van der Waals surface area contributed by atoms with Gasteiger partial charge >= 0.3 is 5.97 Å². The minimum Gasteiger partial charge on any atom is -0.481 e. The molecule has 0 bridgehead atoms. The topological polar surface area (TPSA) is 50.2 Å². The molecular weight excluding hydrogens is 278 g/mol. The molecule has 1 rings (SSSR count). The first-order valence-corrected chi connectivity index (χ1v) is 6.36. The SMILES string of the molecule is CC(CC(=O)O)SCc1ccc(Br)cn1. The molecule has 0 aliphatic heterocycles. The van der Waals surface area contributed by atoms with Crippen molar-refractivity contribution in [3.63, 3.8) is 0 Å². The third-order valence-electron chi connectivity index (χ3n) is 1.77. The first-order chi connectivity index (χ1) is 7.08. The Morgan fingerprint density at radius 1 is 1.67 bits per heavy atom. The molecule has 1 heterocycles. The van der Waals surface area contributed by atoms with Crippen molar-refractivity contribution in [2.45, 2.75) is 24.3 Å². The maximum Gasteiger partial charge on any atom is 0.304 e. The number of carboxylic acids is 1. The van der Waals surface area contributed by atoms with Gasteiger partial charge in [-0.2, -0.15) is 11.8 Å². The monoisotopic (exact) mass is 289 g/mol. The first-order valence-electron chi connectivity index (χ1n) is 4.51. The molecule has 15 heavy (non-hydrogen) atoms. The van der Waals surface area contributed by atoms with E-state index in [4.69, 9.17) is 5.11 Å². The Labute approximate surface area is 101 Å². The smallest absolute Gasteiger partial charge is 0.304 e. The van der Waals surface area contributed by atoms with E-state index in [1.165, 1.54) is 0 Å². The van der Waals surface area contributed by atoms with Crippen molar-refractivity contribution >= 4 is 33.7 Å². The van der Waals surface area contributed by atoms with Crippen molar-refractivity contribution in [3.8, 4) is 0 Å². The molecule has 1 aromatic heterocycles. The van der Waals surface area contributed by atoms with Crippen LogP contribution in [0.3, 0.4) is 0 Å². The van der Waals surface area contributed by atoms with Crippen LogP contribution in [0, 0.1) is 0 Å². The van der Waals surface area contributed by atoms with Gasteiger partial charge in [0.25, 0.3) is 0 Å². The number of nitrogens with zero attached hydrogens (tertiary/aromatic N) is 1. The van der Waals surface area contributed by atoms with E-state index in [-0.39, 0.29) is 11.7 Å². The molecule has 0 fully saturated rings. The summed E-state index contributed by atoms with van der Waals surface area (Å²) in [5.41, 5.74) is 0.973. The Morgan fingerprint density at radius 3 is 2.93 bits per heavy atom. The minimum atomic E-state index is -0.751. The maximum absolute atomic E-state index is 10.4. The summed E-state index contributed by atoms with van der Waals surface area (Å²) in [6.45, 7) is 1.91. The molecule has 0 aromatic carbocycles. The number of thioether (sulfide) groups is 1. The molecule has 0 aliphatic carbocycles. The molecule has 3 nitrogen and oxygen atoms in total. The molecule has 5 heteroatoms. The van der Waals surface area contributed by atoms with Crippen LogP contribution >= 0.6 is 27.7 Å². The van der Waals surface area contributed by atoms with E-state index in [1.807, 2.05) is 19.1 Å². The maximum atomic E-state index is 10.4. The summed E-state index contributed by atoms with van der Waals surface area (Å²) in [5, 5.41) is 8.70. The summed E-state index contributed by atoms with van der Waals surface area (Å²) < 4.78 is 0.954. The van der Waals surface area contributed by atoms with Gasteiger partial charge in [-0.25, -0.2) is 0 Å². The standard InChI is InChI=1S/C10H12BrNO2S/c1-7(4-10(13)14)15-6-9-3-2-8(11)5-12-9/h2-3,5,7H,4,6H2,1H3,(H,13,14). The van der Waals surface area contributed by atoms with Gasteiger partial charge in [0.2, 0.25) is 0 Å². The summed E-state index contributed by atoms with van der Waals surface area (Å²) in [6, 6.07) is 3.87. The van der Waals surface area contributed by atoms with E-state index < -0.39 is 5.97 Å². The number of carbonyl (C=O) groups is 1. The number of rotatable bonds is 5. The Bertz CT molecular complexity index is 329. The highest BCUT2D eigenvalue weighted by Crippen LogP contribution is 2.19. The molecular formula is C10H12BrNO2S. The second-order valence-corrected chi connectivity index (χ2v) is 5.53. The van der Waals surface area contributed by atoms with Crippen LogP contribution in [0.2, 0.25) is 0 Å². The van der Waals surface area contributed by atoms with Gasteiger partial charge in [-0.3, -0.25) is 9.78 Å². The second-order valence-electron chi connectivity index (χ2n) is 3.19. The van der Waals surface area contributed by atoms with Crippen LogP contribution < -0.4 is 0 Å². The van der Waals surface area contributed by atoms with Crippen LogP contribution in [-0.4, -0.2) is 21.3 Å². The fourth-order valence-electron chi connectivity index (χ4n) is 1.02. The predicted molar refractivity (Wildman–Crippen MR) is 64.9 cm³/mol.